The third-order valence-corrected chi connectivity index (χ3v) is 3.18. The highest BCUT2D eigenvalue weighted by molar-refractivity contribution is 6.27. The molecule has 0 aromatic carbocycles. The van der Waals surface area contributed by atoms with E-state index < -0.39 is 11.9 Å². The van der Waals surface area contributed by atoms with Crippen molar-refractivity contribution in [2.45, 2.75) is 31.8 Å². The minimum absolute atomic E-state index is 0.0467. The van der Waals surface area contributed by atoms with Crippen molar-refractivity contribution in [3.63, 3.8) is 0 Å². The Morgan fingerprint density at radius 2 is 2.05 bits per heavy atom. The molecule has 1 fully saturated rings. The number of halogens is 1. The molecule has 0 amide bonds. The molecule has 20 heavy (non-hydrogen) atoms. The SMILES string of the molecule is Cc1cc(C2CCC(CF)N2C)on1.O=C(O)C(=O)O. The van der Waals surface area contributed by atoms with Gasteiger partial charge >= 0.3 is 11.9 Å². The zero-order chi connectivity index (χ0) is 15.3. The molecular formula is C12H17FN2O5. The van der Waals surface area contributed by atoms with Gasteiger partial charge in [0, 0.05) is 12.1 Å². The van der Waals surface area contributed by atoms with Gasteiger partial charge in [-0.1, -0.05) is 5.16 Å². The molecular weight excluding hydrogens is 271 g/mol. The average molecular weight is 288 g/mol. The third-order valence-electron chi connectivity index (χ3n) is 3.18. The van der Waals surface area contributed by atoms with Crippen LogP contribution in [0.15, 0.2) is 10.6 Å². The predicted molar refractivity (Wildman–Crippen MR) is 66.0 cm³/mol. The van der Waals surface area contributed by atoms with Crippen LogP contribution in [0.4, 0.5) is 4.39 Å². The first-order chi connectivity index (χ1) is 9.36. The molecule has 2 unspecified atom stereocenters. The van der Waals surface area contributed by atoms with E-state index in [2.05, 4.69) is 5.16 Å². The molecule has 2 N–H and O–H groups in total. The summed E-state index contributed by atoms with van der Waals surface area (Å²) >= 11 is 0. The molecule has 7 nitrogen and oxygen atoms in total. The zero-order valence-electron chi connectivity index (χ0n) is 11.2. The van der Waals surface area contributed by atoms with Gasteiger partial charge in [0.1, 0.15) is 6.67 Å². The largest absolute Gasteiger partial charge is 0.473 e. The van der Waals surface area contributed by atoms with E-state index in [9.17, 15) is 4.39 Å². The zero-order valence-corrected chi connectivity index (χ0v) is 11.2. The van der Waals surface area contributed by atoms with Crippen LogP contribution in [-0.2, 0) is 9.59 Å². The molecule has 1 aliphatic rings. The maximum atomic E-state index is 12.6. The molecule has 2 rings (SSSR count). The summed E-state index contributed by atoms with van der Waals surface area (Å²) in [6.45, 7) is 1.62. The molecule has 1 aliphatic heterocycles. The highest BCUT2D eigenvalue weighted by Crippen LogP contribution is 2.34. The third kappa shape index (κ3) is 4.02. The number of aromatic nitrogens is 1. The summed E-state index contributed by atoms with van der Waals surface area (Å²) in [5.41, 5.74) is 0.886. The van der Waals surface area contributed by atoms with Crippen molar-refractivity contribution in [2.24, 2.45) is 0 Å². The van der Waals surface area contributed by atoms with Gasteiger partial charge in [-0.05, 0) is 26.8 Å². The van der Waals surface area contributed by atoms with Crippen LogP contribution in [0, 0.1) is 6.92 Å². The molecule has 0 saturated carbocycles. The fourth-order valence-corrected chi connectivity index (χ4v) is 2.08. The van der Waals surface area contributed by atoms with E-state index in [1.165, 1.54) is 0 Å². The number of nitrogens with zero attached hydrogens (tertiary/aromatic N) is 2. The Morgan fingerprint density at radius 1 is 1.45 bits per heavy atom. The lowest BCUT2D eigenvalue weighted by Gasteiger charge is -2.21. The van der Waals surface area contributed by atoms with Gasteiger partial charge in [0.25, 0.3) is 0 Å². The van der Waals surface area contributed by atoms with Crippen LogP contribution >= 0.6 is 0 Å². The van der Waals surface area contributed by atoms with Crippen molar-refractivity contribution in [1.29, 1.82) is 0 Å². The fourth-order valence-electron chi connectivity index (χ4n) is 2.08. The number of aliphatic carboxylic acids is 2. The smallest absolute Gasteiger partial charge is 0.414 e. The monoisotopic (exact) mass is 288 g/mol. The Balaban J connectivity index is 0.000000286. The van der Waals surface area contributed by atoms with Crippen LogP contribution in [-0.4, -0.2) is 52.0 Å². The van der Waals surface area contributed by atoms with E-state index in [4.69, 9.17) is 24.3 Å². The van der Waals surface area contributed by atoms with Gasteiger partial charge in [-0.15, -0.1) is 0 Å². The molecule has 112 valence electrons. The molecule has 0 aliphatic carbocycles. The number of hydrogen-bond donors (Lipinski definition) is 2. The summed E-state index contributed by atoms with van der Waals surface area (Å²) < 4.78 is 17.8. The van der Waals surface area contributed by atoms with Gasteiger partial charge in [-0.3, -0.25) is 4.90 Å². The van der Waals surface area contributed by atoms with Crippen LogP contribution in [0.5, 0.6) is 0 Å². The number of likely N-dealkylation sites (tertiary alicyclic amines) is 1. The number of hydrogen-bond acceptors (Lipinski definition) is 5. The highest BCUT2D eigenvalue weighted by Gasteiger charge is 2.33. The van der Waals surface area contributed by atoms with E-state index in [-0.39, 0.29) is 18.8 Å². The Kier molecular flexibility index (Phi) is 5.63. The number of rotatable bonds is 2. The summed E-state index contributed by atoms with van der Waals surface area (Å²) in [5.74, 6) is -2.79. The summed E-state index contributed by atoms with van der Waals surface area (Å²) in [6, 6.07) is 2.18. The molecule has 0 radical (unpaired) electrons. The Bertz CT molecular complexity index is 464. The minimum atomic E-state index is -1.82. The highest BCUT2D eigenvalue weighted by atomic mass is 19.1. The molecule has 1 saturated heterocycles. The molecule has 2 atom stereocenters. The lowest BCUT2D eigenvalue weighted by Crippen LogP contribution is -2.28. The van der Waals surface area contributed by atoms with E-state index in [0.29, 0.717) is 0 Å². The number of carboxylic acid groups (broad SMARTS) is 2. The van der Waals surface area contributed by atoms with Crippen LogP contribution in [0.2, 0.25) is 0 Å². The first kappa shape index (κ1) is 16.1. The lowest BCUT2D eigenvalue weighted by atomic mass is 10.1. The second kappa shape index (κ2) is 6.99. The minimum Gasteiger partial charge on any atom is -0.473 e. The van der Waals surface area contributed by atoms with Crippen LogP contribution < -0.4 is 0 Å². The summed E-state index contributed by atoms with van der Waals surface area (Å²) in [7, 11) is 1.94. The van der Waals surface area contributed by atoms with Crippen molar-refractivity contribution in [3.8, 4) is 0 Å². The predicted octanol–water partition coefficient (Wildman–Crippen LogP) is 1.24. The maximum absolute atomic E-state index is 12.6. The molecule has 1 aromatic heterocycles. The topological polar surface area (TPSA) is 104 Å². The molecule has 8 heteroatoms. The Labute approximate surface area is 115 Å². The van der Waals surface area contributed by atoms with Gasteiger partial charge < -0.3 is 14.7 Å². The Hall–Kier alpha value is -1.96. The average Bonchev–Trinajstić information content (AvgIpc) is 2.96. The fraction of sp³-hybridized carbons (Fsp3) is 0.583. The maximum Gasteiger partial charge on any atom is 0.414 e. The summed E-state index contributed by atoms with van der Waals surface area (Å²) in [4.78, 5) is 20.2. The molecule has 1 aromatic rings. The van der Waals surface area contributed by atoms with Crippen LogP contribution in [0.1, 0.15) is 30.3 Å². The molecule has 0 spiro atoms. The summed E-state index contributed by atoms with van der Waals surface area (Å²) in [6.07, 6.45) is 1.86. The number of alkyl halides is 1. The van der Waals surface area contributed by atoms with Crippen molar-refractivity contribution >= 4 is 11.9 Å². The molecule has 0 bridgehead atoms. The number of carboxylic acids is 2. The van der Waals surface area contributed by atoms with E-state index >= 15 is 0 Å². The van der Waals surface area contributed by atoms with Crippen molar-refractivity contribution in [2.75, 3.05) is 13.7 Å². The van der Waals surface area contributed by atoms with Crippen molar-refractivity contribution in [3.05, 3.63) is 17.5 Å². The van der Waals surface area contributed by atoms with Gasteiger partial charge in [0.2, 0.25) is 0 Å². The van der Waals surface area contributed by atoms with E-state index in [1.807, 2.05) is 24.9 Å². The number of aryl methyl sites for hydroxylation is 1. The standard InChI is InChI=1S/C10H15FN2O.C2H2O4/c1-7-5-10(14-12-7)9-4-3-8(6-11)13(9)2;3-1(4)2(5)6/h5,8-9H,3-4,6H2,1-2H3;(H,3,4)(H,5,6). The van der Waals surface area contributed by atoms with Crippen LogP contribution in [0.25, 0.3) is 0 Å². The van der Waals surface area contributed by atoms with Crippen LogP contribution in [0.3, 0.4) is 0 Å². The quantitative estimate of drug-likeness (QED) is 0.789. The second-order valence-corrected chi connectivity index (χ2v) is 4.55. The number of carbonyl (C=O) groups is 2. The van der Waals surface area contributed by atoms with Gasteiger partial charge in [0.05, 0.1) is 11.7 Å². The molecule has 2 heterocycles. The van der Waals surface area contributed by atoms with Gasteiger partial charge in [-0.2, -0.15) is 0 Å². The Morgan fingerprint density at radius 3 is 2.40 bits per heavy atom. The van der Waals surface area contributed by atoms with E-state index in [0.717, 1.165) is 24.3 Å². The second-order valence-electron chi connectivity index (χ2n) is 4.55. The first-order valence-electron chi connectivity index (χ1n) is 6.04. The van der Waals surface area contributed by atoms with E-state index in [1.54, 1.807) is 0 Å². The van der Waals surface area contributed by atoms with Gasteiger partial charge in [-0.25, -0.2) is 14.0 Å². The van der Waals surface area contributed by atoms with Crippen molar-refractivity contribution < 1.29 is 28.7 Å². The van der Waals surface area contributed by atoms with Gasteiger partial charge in [0.15, 0.2) is 5.76 Å². The normalized spacial score (nSPS) is 22.1. The first-order valence-corrected chi connectivity index (χ1v) is 6.04. The lowest BCUT2D eigenvalue weighted by molar-refractivity contribution is -0.159. The van der Waals surface area contributed by atoms with Crippen molar-refractivity contribution in [1.82, 2.24) is 10.1 Å². The summed E-state index contributed by atoms with van der Waals surface area (Å²) in [5, 5.41) is 18.6.